The van der Waals surface area contributed by atoms with Crippen LogP contribution in [0.4, 0.5) is 0 Å². The minimum atomic E-state index is -0.106. The molecule has 25 heavy (non-hydrogen) atoms. The number of aromatic nitrogens is 1. The summed E-state index contributed by atoms with van der Waals surface area (Å²) < 4.78 is 11.3. The van der Waals surface area contributed by atoms with Gasteiger partial charge in [-0.3, -0.25) is 9.69 Å². The van der Waals surface area contributed by atoms with E-state index >= 15 is 0 Å². The lowest BCUT2D eigenvalue weighted by molar-refractivity contribution is -0.141. The molecule has 6 heteroatoms. The maximum atomic E-state index is 12.8. The molecule has 0 bridgehead atoms. The van der Waals surface area contributed by atoms with Crippen LogP contribution >= 0.6 is 0 Å². The van der Waals surface area contributed by atoms with E-state index < -0.39 is 0 Å². The summed E-state index contributed by atoms with van der Waals surface area (Å²) in [6, 6.07) is 7.77. The van der Waals surface area contributed by atoms with Gasteiger partial charge >= 0.3 is 0 Å². The molecule has 2 atom stereocenters. The highest BCUT2D eigenvalue weighted by Crippen LogP contribution is 2.30. The van der Waals surface area contributed by atoms with Crippen LogP contribution in [0.5, 0.6) is 0 Å². The molecule has 1 aromatic heterocycles. The number of carbonyl (C=O) groups excluding carboxylic acids is 1. The van der Waals surface area contributed by atoms with Gasteiger partial charge in [0.25, 0.3) is 0 Å². The predicted octanol–water partition coefficient (Wildman–Crippen LogP) is 2.25. The van der Waals surface area contributed by atoms with Crippen molar-refractivity contribution in [1.29, 1.82) is 0 Å². The van der Waals surface area contributed by atoms with Gasteiger partial charge in [0.1, 0.15) is 5.52 Å². The van der Waals surface area contributed by atoms with Crippen molar-refractivity contribution in [2.75, 3.05) is 39.4 Å². The van der Waals surface area contributed by atoms with Crippen molar-refractivity contribution in [1.82, 2.24) is 14.8 Å². The van der Waals surface area contributed by atoms with Crippen molar-refractivity contribution in [3.05, 3.63) is 30.2 Å². The van der Waals surface area contributed by atoms with Gasteiger partial charge in [-0.15, -0.1) is 0 Å². The van der Waals surface area contributed by atoms with Crippen LogP contribution in [0.1, 0.15) is 31.6 Å². The molecule has 2 saturated heterocycles. The average molecular weight is 343 g/mol. The fourth-order valence-electron chi connectivity index (χ4n) is 3.83. The Kier molecular flexibility index (Phi) is 4.72. The quantitative estimate of drug-likeness (QED) is 0.855. The molecule has 2 fully saturated rings. The maximum absolute atomic E-state index is 12.8. The van der Waals surface area contributed by atoms with Gasteiger partial charge in [0.2, 0.25) is 5.91 Å². The summed E-state index contributed by atoms with van der Waals surface area (Å²) in [6.45, 7) is 6.48. The van der Waals surface area contributed by atoms with E-state index in [4.69, 9.17) is 9.15 Å². The van der Waals surface area contributed by atoms with Gasteiger partial charge in [-0.2, -0.15) is 0 Å². The van der Waals surface area contributed by atoms with Crippen molar-refractivity contribution in [2.45, 2.75) is 31.7 Å². The fraction of sp³-hybridized carbons (Fsp3) is 0.579. The molecule has 134 valence electrons. The Balaban J connectivity index is 1.45. The molecule has 3 heterocycles. The molecule has 6 nitrogen and oxygen atoms in total. The van der Waals surface area contributed by atoms with Crippen LogP contribution in [0.2, 0.25) is 0 Å². The molecule has 1 aromatic carbocycles. The standard InChI is InChI=1S/C19H25N3O3/c1-14(19(23)21-9-11-24-12-10-21)22-8-4-5-15(13-22)18-20-16-6-2-3-7-17(16)25-18/h2-3,6-7,14-15H,4-5,8-13H2,1H3/t14-,15+/m0/s1. The van der Waals surface area contributed by atoms with Gasteiger partial charge in [0.15, 0.2) is 11.5 Å². The highest BCUT2D eigenvalue weighted by Gasteiger charge is 2.32. The number of ether oxygens (including phenoxy) is 1. The number of para-hydroxylation sites is 2. The minimum Gasteiger partial charge on any atom is -0.440 e. The zero-order chi connectivity index (χ0) is 17.2. The molecule has 0 radical (unpaired) electrons. The first kappa shape index (κ1) is 16.5. The Bertz CT molecular complexity index is 705. The number of amides is 1. The smallest absolute Gasteiger partial charge is 0.239 e. The number of hydrogen-bond donors (Lipinski definition) is 0. The van der Waals surface area contributed by atoms with Gasteiger partial charge in [0.05, 0.1) is 19.3 Å². The highest BCUT2D eigenvalue weighted by molar-refractivity contribution is 5.81. The predicted molar refractivity (Wildman–Crippen MR) is 94.4 cm³/mol. The van der Waals surface area contributed by atoms with Crippen molar-refractivity contribution in [3.63, 3.8) is 0 Å². The molecule has 2 aliphatic heterocycles. The number of rotatable bonds is 3. The summed E-state index contributed by atoms with van der Waals surface area (Å²) >= 11 is 0. The number of hydrogen-bond acceptors (Lipinski definition) is 5. The molecule has 2 aliphatic rings. The molecule has 0 unspecified atom stereocenters. The Morgan fingerprint density at radius 2 is 2.04 bits per heavy atom. The SMILES string of the molecule is C[C@@H](C(=O)N1CCOCC1)N1CCC[C@@H](c2nc3ccccc3o2)C1. The molecule has 0 N–H and O–H groups in total. The number of oxazole rings is 1. The van der Waals surface area contributed by atoms with Gasteiger partial charge < -0.3 is 14.1 Å². The summed E-state index contributed by atoms with van der Waals surface area (Å²) in [5.74, 6) is 1.26. The van der Waals surface area contributed by atoms with Crippen LogP contribution in [0.15, 0.2) is 28.7 Å². The van der Waals surface area contributed by atoms with E-state index in [1.807, 2.05) is 36.1 Å². The van der Waals surface area contributed by atoms with E-state index in [1.165, 1.54) is 0 Å². The van der Waals surface area contributed by atoms with Crippen LogP contribution in [0.3, 0.4) is 0 Å². The Hall–Kier alpha value is -1.92. The first-order valence-electron chi connectivity index (χ1n) is 9.18. The van der Waals surface area contributed by atoms with Crippen LogP contribution in [0.25, 0.3) is 11.1 Å². The molecule has 0 spiro atoms. The number of benzene rings is 1. The summed E-state index contributed by atoms with van der Waals surface area (Å²) in [5, 5.41) is 0. The summed E-state index contributed by atoms with van der Waals surface area (Å²) in [4.78, 5) is 21.6. The molecule has 0 saturated carbocycles. The van der Waals surface area contributed by atoms with E-state index in [0.717, 1.165) is 42.9 Å². The third-order valence-corrected chi connectivity index (χ3v) is 5.34. The van der Waals surface area contributed by atoms with Crippen molar-refractivity contribution < 1.29 is 13.9 Å². The third kappa shape index (κ3) is 3.41. The molecular formula is C19H25N3O3. The lowest BCUT2D eigenvalue weighted by Gasteiger charge is -2.38. The van der Waals surface area contributed by atoms with E-state index in [0.29, 0.717) is 26.3 Å². The van der Waals surface area contributed by atoms with Gasteiger partial charge in [-0.05, 0) is 38.4 Å². The monoisotopic (exact) mass is 343 g/mol. The summed E-state index contributed by atoms with van der Waals surface area (Å²) in [6.07, 6.45) is 2.12. The first-order chi connectivity index (χ1) is 12.2. The van der Waals surface area contributed by atoms with Crippen LogP contribution < -0.4 is 0 Å². The first-order valence-corrected chi connectivity index (χ1v) is 9.18. The molecular weight excluding hydrogens is 318 g/mol. The van der Waals surface area contributed by atoms with Crippen molar-refractivity contribution >= 4 is 17.0 Å². The van der Waals surface area contributed by atoms with E-state index in [9.17, 15) is 4.79 Å². The van der Waals surface area contributed by atoms with Gasteiger partial charge in [-0.1, -0.05) is 12.1 Å². The minimum absolute atomic E-state index is 0.106. The van der Waals surface area contributed by atoms with Crippen molar-refractivity contribution in [3.8, 4) is 0 Å². The molecule has 2 aromatic rings. The number of fused-ring (bicyclic) bond motifs is 1. The number of carbonyl (C=O) groups is 1. The Labute approximate surface area is 147 Å². The number of piperidine rings is 1. The van der Waals surface area contributed by atoms with Gasteiger partial charge in [0, 0.05) is 25.6 Å². The zero-order valence-corrected chi connectivity index (χ0v) is 14.7. The normalized spacial score (nSPS) is 23.7. The summed E-state index contributed by atoms with van der Waals surface area (Å²) in [5.41, 5.74) is 1.75. The van der Waals surface area contributed by atoms with Gasteiger partial charge in [-0.25, -0.2) is 4.98 Å². The molecule has 4 rings (SSSR count). The fourth-order valence-corrected chi connectivity index (χ4v) is 3.83. The van der Waals surface area contributed by atoms with E-state index in [2.05, 4.69) is 9.88 Å². The largest absolute Gasteiger partial charge is 0.440 e. The third-order valence-electron chi connectivity index (χ3n) is 5.34. The molecule has 1 amide bonds. The second-order valence-electron chi connectivity index (χ2n) is 6.97. The second-order valence-corrected chi connectivity index (χ2v) is 6.97. The number of nitrogens with zero attached hydrogens (tertiary/aromatic N) is 3. The lowest BCUT2D eigenvalue weighted by atomic mass is 9.96. The van der Waals surface area contributed by atoms with E-state index in [-0.39, 0.29) is 17.9 Å². The topological polar surface area (TPSA) is 58.8 Å². The lowest BCUT2D eigenvalue weighted by Crippen LogP contribution is -2.52. The van der Waals surface area contributed by atoms with Crippen LogP contribution in [0, 0.1) is 0 Å². The Morgan fingerprint density at radius 3 is 2.84 bits per heavy atom. The van der Waals surface area contributed by atoms with E-state index in [1.54, 1.807) is 0 Å². The number of morpholine rings is 1. The zero-order valence-electron chi connectivity index (χ0n) is 14.7. The average Bonchev–Trinajstić information content (AvgIpc) is 3.12. The molecule has 0 aliphatic carbocycles. The second kappa shape index (κ2) is 7.14. The van der Waals surface area contributed by atoms with Crippen LogP contribution in [-0.2, 0) is 9.53 Å². The van der Waals surface area contributed by atoms with Crippen LogP contribution in [-0.4, -0.2) is 66.1 Å². The highest BCUT2D eigenvalue weighted by atomic mass is 16.5. The maximum Gasteiger partial charge on any atom is 0.239 e. The summed E-state index contributed by atoms with van der Waals surface area (Å²) in [7, 11) is 0. The van der Waals surface area contributed by atoms with Crippen molar-refractivity contribution in [2.24, 2.45) is 0 Å². The Morgan fingerprint density at radius 1 is 1.24 bits per heavy atom. The number of likely N-dealkylation sites (tertiary alicyclic amines) is 1.